The molecule has 1 aromatic heterocycles. The van der Waals surface area contributed by atoms with E-state index in [1.165, 1.54) is 0 Å². The highest BCUT2D eigenvalue weighted by Gasteiger charge is 2.13. The van der Waals surface area contributed by atoms with Gasteiger partial charge in [-0.15, -0.1) is 0 Å². The van der Waals surface area contributed by atoms with Crippen molar-refractivity contribution < 1.29 is 19.2 Å². The van der Waals surface area contributed by atoms with Gasteiger partial charge in [0.1, 0.15) is 5.75 Å². The Morgan fingerprint density at radius 1 is 1.40 bits per heavy atom. The van der Waals surface area contributed by atoms with Crippen LogP contribution in [-0.2, 0) is 4.79 Å². The Balaban J connectivity index is 2.09. The summed E-state index contributed by atoms with van der Waals surface area (Å²) in [6.45, 7) is 0.305. The van der Waals surface area contributed by atoms with Crippen molar-refractivity contribution in [2.24, 2.45) is 0 Å². The molecule has 0 amide bonds. The van der Waals surface area contributed by atoms with Crippen LogP contribution in [0, 0.1) is 0 Å². The molecule has 0 radical (unpaired) electrons. The fourth-order valence-corrected chi connectivity index (χ4v) is 1.59. The van der Waals surface area contributed by atoms with Crippen molar-refractivity contribution >= 4 is 12.0 Å². The molecule has 0 atom stereocenters. The van der Waals surface area contributed by atoms with Gasteiger partial charge in [-0.1, -0.05) is 5.16 Å². The van der Waals surface area contributed by atoms with Crippen LogP contribution in [0.4, 0.5) is 6.01 Å². The molecule has 1 aromatic carbocycles. The van der Waals surface area contributed by atoms with Crippen LogP contribution in [0.5, 0.6) is 5.75 Å². The first kappa shape index (κ1) is 13.9. The zero-order valence-electron chi connectivity index (χ0n) is 11.2. The van der Waals surface area contributed by atoms with E-state index in [9.17, 15) is 4.79 Å². The van der Waals surface area contributed by atoms with Gasteiger partial charge in [-0.3, -0.25) is 4.79 Å². The van der Waals surface area contributed by atoms with Crippen LogP contribution in [0.2, 0.25) is 0 Å². The predicted octanol–water partition coefficient (Wildman–Crippen LogP) is 1.66. The van der Waals surface area contributed by atoms with Crippen LogP contribution >= 0.6 is 0 Å². The minimum Gasteiger partial charge on any atom is -0.497 e. The quantitative estimate of drug-likeness (QED) is 0.858. The summed E-state index contributed by atoms with van der Waals surface area (Å²) < 4.78 is 10.2. The van der Waals surface area contributed by atoms with E-state index < -0.39 is 5.97 Å². The van der Waals surface area contributed by atoms with E-state index in [-0.39, 0.29) is 12.4 Å². The lowest BCUT2D eigenvalue weighted by Gasteiger charge is -2.10. The van der Waals surface area contributed by atoms with Crippen molar-refractivity contribution in [3.05, 3.63) is 24.3 Å². The Morgan fingerprint density at radius 2 is 2.10 bits per heavy atom. The summed E-state index contributed by atoms with van der Waals surface area (Å²) in [5.41, 5.74) is 0.799. The van der Waals surface area contributed by atoms with E-state index in [1.54, 1.807) is 31.2 Å². The van der Waals surface area contributed by atoms with Gasteiger partial charge in [0.2, 0.25) is 5.82 Å². The van der Waals surface area contributed by atoms with E-state index in [2.05, 4.69) is 10.1 Å². The second kappa shape index (κ2) is 6.05. The number of aromatic nitrogens is 2. The third-order valence-corrected chi connectivity index (χ3v) is 2.75. The highest BCUT2D eigenvalue weighted by Crippen LogP contribution is 2.21. The molecule has 0 aliphatic carbocycles. The summed E-state index contributed by atoms with van der Waals surface area (Å²) in [5, 5.41) is 12.5. The minimum atomic E-state index is -0.869. The molecule has 0 saturated carbocycles. The first-order chi connectivity index (χ1) is 9.60. The number of hydrogen-bond donors (Lipinski definition) is 1. The molecular formula is C13H15N3O4. The number of carbonyl (C=O) groups is 1. The van der Waals surface area contributed by atoms with E-state index in [0.717, 1.165) is 11.3 Å². The molecule has 20 heavy (non-hydrogen) atoms. The van der Waals surface area contributed by atoms with Crippen LogP contribution in [0.15, 0.2) is 28.8 Å². The molecule has 0 bridgehead atoms. The van der Waals surface area contributed by atoms with Crippen LogP contribution in [0.25, 0.3) is 11.4 Å². The first-order valence-electron chi connectivity index (χ1n) is 6.01. The van der Waals surface area contributed by atoms with Gasteiger partial charge >= 0.3 is 12.0 Å². The highest BCUT2D eigenvalue weighted by atomic mass is 16.5. The number of ether oxygens (including phenoxy) is 1. The van der Waals surface area contributed by atoms with Crippen molar-refractivity contribution in [1.29, 1.82) is 0 Å². The van der Waals surface area contributed by atoms with Crippen molar-refractivity contribution in [2.75, 3.05) is 25.6 Å². The monoisotopic (exact) mass is 277 g/mol. The van der Waals surface area contributed by atoms with Crippen LogP contribution in [0.3, 0.4) is 0 Å². The standard InChI is InChI=1S/C13H15N3O4/c1-16(8-7-11(17)18)13-14-12(15-20-13)9-3-5-10(19-2)6-4-9/h3-6H,7-8H2,1-2H3,(H,17,18). The summed E-state index contributed by atoms with van der Waals surface area (Å²) in [5.74, 6) is 0.326. The maximum Gasteiger partial charge on any atom is 0.324 e. The lowest BCUT2D eigenvalue weighted by atomic mass is 10.2. The number of aliphatic carboxylic acids is 1. The number of anilines is 1. The third kappa shape index (κ3) is 3.25. The van der Waals surface area contributed by atoms with Gasteiger partial charge in [0.05, 0.1) is 13.5 Å². The number of benzene rings is 1. The molecule has 1 N–H and O–H groups in total. The molecule has 0 unspecified atom stereocenters. The fraction of sp³-hybridized carbons (Fsp3) is 0.308. The smallest absolute Gasteiger partial charge is 0.324 e. The molecule has 0 aliphatic heterocycles. The SMILES string of the molecule is COc1ccc(-c2noc(N(C)CCC(=O)O)n2)cc1. The normalized spacial score (nSPS) is 10.3. The number of methoxy groups -OCH3 is 1. The van der Waals surface area contributed by atoms with E-state index in [4.69, 9.17) is 14.4 Å². The summed E-state index contributed by atoms with van der Waals surface area (Å²) in [6, 6.07) is 7.55. The number of hydrogen-bond acceptors (Lipinski definition) is 6. The van der Waals surface area contributed by atoms with Gasteiger partial charge in [0, 0.05) is 19.2 Å². The van der Waals surface area contributed by atoms with Crippen LogP contribution in [0.1, 0.15) is 6.42 Å². The number of carboxylic acids is 1. The number of carboxylic acid groups (broad SMARTS) is 1. The van der Waals surface area contributed by atoms with E-state index in [0.29, 0.717) is 12.4 Å². The average molecular weight is 277 g/mol. The van der Waals surface area contributed by atoms with E-state index in [1.807, 2.05) is 12.1 Å². The van der Waals surface area contributed by atoms with Crippen molar-refractivity contribution in [3.63, 3.8) is 0 Å². The largest absolute Gasteiger partial charge is 0.497 e. The molecule has 1 heterocycles. The Morgan fingerprint density at radius 3 is 2.70 bits per heavy atom. The van der Waals surface area contributed by atoms with Gasteiger partial charge < -0.3 is 19.3 Å². The minimum absolute atomic E-state index is 0.0107. The van der Waals surface area contributed by atoms with Crippen molar-refractivity contribution in [1.82, 2.24) is 10.1 Å². The number of nitrogens with zero attached hydrogens (tertiary/aromatic N) is 3. The molecular weight excluding hydrogens is 262 g/mol. The maximum atomic E-state index is 10.5. The molecule has 7 nitrogen and oxygen atoms in total. The summed E-state index contributed by atoms with van der Waals surface area (Å²) in [7, 11) is 3.30. The Kier molecular flexibility index (Phi) is 4.19. The van der Waals surface area contributed by atoms with Gasteiger partial charge in [0.25, 0.3) is 0 Å². The highest BCUT2D eigenvalue weighted by molar-refractivity contribution is 5.67. The lowest BCUT2D eigenvalue weighted by Crippen LogP contribution is -2.21. The Labute approximate surface area is 115 Å². The number of rotatable bonds is 6. The second-order valence-corrected chi connectivity index (χ2v) is 4.19. The molecule has 0 saturated heterocycles. The first-order valence-corrected chi connectivity index (χ1v) is 6.01. The lowest BCUT2D eigenvalue weighted by molar-refractivity contribution is -0.136. The molecule has 0 spiro atoms. The van der Waals surface area contributed by atoms with E-state index >= 15 is 0 Å². The fourth-order valence-electron chi connectivity index (χ4n) is 1.59. The molecule has 0 aliphatic rings. The second-order valence-electron chi connectivity index (χ2n) is 4.19. The van der Waals surface area contributed by atoms with Gasteiger partial charge in [-0.05, 0) is 24.3 Å². The molecule has 106 valence electrons. The topological polar surface area (TPSA) is 88.7 Å². The van der Waals surface area contributed by atoms with Crippen molar-refractivity contribution in [3.8, 4) is 17.1 Å². The molecule has 7 heteroatoms. The van der Waals surface area contributed by atoms with Gasteiger partial charge in [-0.2, -0.15) is 4.98 Å². The summed E-state index contributed by atoms with van der Waals surface area (Å²) in [4.78, 5) is 16.4. The summed E-state index contributed by atoms with van der Waals surface area (Å²) in [6.07, 6.45) is 0.0107. The van der Waals surface area contributed by atoms with Crippen molar-refractivity contribution in [2.45, 2.75) is 6.42 Å². The predicted molar refractivity (Wildman–Crippen MR) is 71.8 cm³/mol. The maximum absolute atomic E-state index is 10.5. The average Bonchev–Trinajstić information content (AvgIpc) is 2.94. The zero-order chi connectivity index (χ0) is 14.5. The van der Waals surface area contributed by atoms with Gasteiger partial charge in [0.15, 0.2) is 0 Å². The molecule has 2 rings (SSSR count). The molecule has 2 aromatic rings. The van der Waals surface area contributed by atoms with Crippen LogP contribution in [-0.4, -0.2) is 41.9 Å². The molecule has 0 fully saturated rings. The summed E-state index contributed by atoms with van der Waals surface area (Å²) >= 11 is 0. The third-order valence-electron chi connectivity index (χ3n) is 2.75. The Bertz CT molecular complexity index is 580. The Hall–Kier alpha value is -2.57. The zero-order valence-corrected chi connectivity index (χ0v) is 11.2. The van der Waals surface area contributed by atoms with Gasteiger partial charge in [-0.25, -0.2) is 0 Å². The van der Waals surface area contributed by atoms with Crippen LogP contribution < -0.4 is 9.64 Å².